The highest BCUT2D eigenvalue weighted by molar-refractivity contribution is 6.31. The van der Waals surface area contributed by atoms with Crippen LogP contribution in [-0.2, 0) is 11.3 Å². The second kappa shape index (κ2) is 4.96. The summed E-state index contributed by atoms with van der Waals surface area (Å²) in [5, 5.41) is 10.6. The van der Waals surface area contributed by atoms with Crippen LogP contribution in [0.25, 0.3) is 0 Å². The topological polar surface area (TPSA) is 40.5 Å². The zero-order valence-electron chi connectivity index (χ0n) is 8.40. The van der Waals surface area contributed by atoms with E-state index >= 15 is 0 Å². The standard InChI is InChI=1S/C11H12ClNO2/c1-8(2)11(14)13(15)7-9-5-3-4-6-10(9)12/h3-6,15H,1,7H2,2H3. The first-order valence-corrected chi connectivity index (χ1v) is 4.80. The Bertz CT molecular complexity index is 390. The van der Waals surface area contributed by atoms with E-state index in [1.165, 1.54) is 6.92 Å². The van der Waals surface area contributed by atoms with Gasteiger partial charge in [-0.2, -0.15) is 0 Å². The Kier molecular flexibility index (Phi) is 3.88. The van der Waals surface area contributed by atoms with Crippen molar-refractivity contribution < 1.29 is 10.0 Å². The predicted octanol–water partition coefficient (Wildman–Crippen LogP) is 2.63. The minimum absolute atomic E-state index is 0.0609. The summed E-state index contributed by atoms with van der Waals surface area (Å²) in [6, 6.07) is 7.03. The zero-order valence-corrected chi connectivity index (χ0v) is 9.16. The summed E-state index contributed by atoms with van der Waals surface area (Å²) in [7, 11) is 0. The van der Waals surface area contributed by atoms with Crippen LogP contribution in [-0.4, -0.2) is 16.2 Å². The third kappa shape index (κ3) is 3.08. The van der Waals surface area contributed by atoms with Crippen LogP contribution >= 0.6 is 11.6 Å². The zero-order chi connectivity index (χ0) is 11.4. The number of hydroxylamine groups is 2. The van der Waals surface area contributed by atoms with Gasteiger partial charge in [0, 0.05) is 10.6 Å². The van der Waals surface area contributed by atoms with E-state index in [4.69, 9.17) is 11.6 Å². The number of amides is 1. The molecule has 0 aliphatic rings. The first kappa shape index (κ1) is 11.8. The molecule has 0 fully saturated rings. The molecule has 1 aromatic carbocycles. The summed E-state index contributed by atoms with van der Waals surface area (Å²) in [4.78, 5) is 11.3. The van der Waals surface area contributed by atoms with Crippen LogP contribution in [0.2, 0.25) is 5.02 Å². The van der Waals surface area contributed by atoms with E-state index in [-0.39, 0.29) is 12.1 Å². The molecule has 0 bridgehead atoms. The molecule has 1 aromatic rings. The second-order valence-corrected chi connectivity index (χ2v) is 3.64. The van der Waals surface area contributed by atoms with E-state index in [1.54, 1.807) is 24.3 Å². The molecule has 4 heteroatoms. The van der Waals surface area contributed by atoms with E-state index in [0.29, 0.717) is 15.6 Å². The predicted molar refractivity (Wildman–Crippen MR) is 58.6 cm³/mol. The first-order chi connectivity index (χ1) is 7.02. The van der Waals surface area contributed by atoms with Crippen molar-refractivity contribution in [2.45, 2.75) is 13.5 Å². The van der Waals surface area contributed by atoms with Gasteiger partial charge in [-0.05, 0) is 18.6 Å². The monoisotopic (exact) mass is 225 g/mol. The molecule has 1 N–H and O–H groups in total. The molecule has 0 saturated heterocycles. The number of rotatable bonds is 3. The average Bonchev–Trinajstić information content (AvgIpc) is 2.20. The lowest BCUT2D eigenvalue weighted by Crippen LogP contribution is -2.27. The average molecular weight is 226 g/mol. The maximum Gasteiger partial charge on any atom is 0.272 e. The largest absolute Gasteiger partial charge is 0.285 e. The van der Waals surface area contributed by atoms with Gasteiger partial charge in [0.1, 0.15) is 0 Å². The minimum atomic E-state index is -0.505. The van der Waals surface area contributed by atoms with Gasteiger partial charge >= 0.3 is 0 Å². The van der Waals surface area contributed by atoms with Crippen molar-refractivity contribution in [1.29, 1.82) is 0 Å². The van der Waals surface area contributed by atoms with Gasteiger partial charge in [0.25, 0.3) is 5.91 Å². The Hall–Kier alpha value is -1.32. The lowest BCUT2D eigenvalue weighted by molar-refractivity contribution is -0.163. The minimum Gasteiger partial charge on any atom is -0.285 e. The molecule has 80 valence electrons. The van der Waals surface area contributed by atoms with E-state index in [0.717, 1.165) is 0 Å². The molecular formula is C11H12ClNO2. The van der Waals surface area contributed by atoms with Crippen LogP contribution in [0.15, 0.2) is 36.4 Å². The molecule has 0 aliphatic heterocycles. The van der Waals surface area contributed by atoms with Gasteiger partial charge in [-0.3, -0.25) is 10.0 Å². The molecule has 0 saturated carbocycles. The molecule has 0 atom stereocenters. The Morgan fingerprint density at radius 3 is 2.67 bits per heavy atom. The van der Waals surface area contributed by atoms with E-state index in [2.05, 4.69) is 6.58 Å². The highest BCUT2D eigenvalue weighted by Gasteiger charge is 2.12. The van der Waals surface area contributed by atoms with Crippen molar-refractivity contribution in [3.63, 3.8) is 0 Å². The third-order valence-corrected chi connectivity index (χ3v) is 2.25. The molecule has 0 spiro atoms. The summed E-state index contributed by atoms with van der Waals surface area (Å²) < 4.78 is 0. The van der Waals surface area contributed by atoms with Gasteiger partial charge in [-0.15, -0.1) is 0 Å². The highest BCUT2D eigenvalue weighted by Crippen LogP contribution is 2.16. The fourth-order valence-corrected chi connectivity index (χ4v) is 1.28. The molecule has 15 heavy (non-hydrogen) atoms. The van der Waals surface area contributed by atoms with Gasteiger partial charge in [0.05, 0.1) is 6.54 Å². The summed E-state index contributed by atoms with van der Waals surface area (Å²) in [5.74, 6) is -0.505. The summed E-state index contributed by atoms with van der Waals surface area (Å²) in [6.45, 7) is 5.06. The van der Waals surface area contributed by atoms with Crippen molar-refractivity contribution in [3.8, 4) is 0 Å². The second-order valence-electron chi connectivity index (χ2n) is 3.23. The quantitative estimate of drug-likeness (QED) is 0.488. The molecule has 0 aromatic heterocycles. The van der Waals surface area contributed by atoms with Gasteiger partial charge in [0.2, 0.25) is 0 Å². The molecule has 3 nitrogen and oxygen atoms in total. The number of carbonyl (C=O) groups is 1. The first-order valence-electron chi connectivity index (χ1n) is 4.42. The van der Waals surface area contributed by atoms with Crippen LogP contribution < -0.4 is 0 Å². The lowest BCUT2D eigenvalue weighted by atomic mass is 10.2. The normalized spacial score (nSPS) is 9.80. The Morgan fingerprint density at radius 2 is 2.13 bits per heavy atom. The fourth-order valence-electron chi connectivity index (χ4n) is 1.08. The van der Waals surface area contributed by atoms with Gasteiger partial charge in [0.15, 0.2) is 0 Å². The SMILES string of the molecule is C=C(C)C(=O)N(O)Cc1ccccc1Cl. The number of nitrogens with zero attached hydrogens (tertiary/aromatic N) is 1. The third-order valence-electron chi connectivity index (χ3n) is 1.88. The highest BCUT2D eigenvalue weighted by atomic mass is 35.5. The molecule has 1 amide bonds. The Balaban J connectivity index is 2.75. The van der Waals surface area contributed by atoms with Crippen molar-refractivity contribution in [2.75, 3.05) is 0 Å². The fraction of sp³-hybridized carbons (Fsp3) is 0.182. The van der Waals surface area contributed by atoms with Gasteiger partial charge in [-0.1, -0.05) is 36.4 Å². The number of carbonyl (C=O) groups excluding carboxylic acids is 1. The molecule has 0 aliphatic carbocycles. The number of halogens is 1. The molecule has 0 unspecified atom stereocenters. The van der Waals surface area contributed by atoms with E-state index in [9.17, 15) is 10.0 Å². The van der Waals surface area contributed by atoms with Crippen molar-refractivity contribution in [3.05, 3.63) is 47.0 Å². The van der Waals surface area contributed by atoms with Crippen LogP contribution in [0.5, 0.6) is 0 Å². The number of hydrogen-bond donors (Lipinski definition) is 1. The maximum atomic E-state index is 11.3. The Morgan fingerprint density at radius 1 is 1.53 bits per heavy atom. The van der Waals surface area contributed by atoms with E-state index in [1.807, 2.05) is 0 Å². The number of benzene rings is 1. The van der Waals surface area contributed by atoms with Gasteiger partial charge < -0.3 is 0 Å². The molecular weight excluding hydrogens is 214 g/mol. The molecule has 0 radical (unpaired) electrons. The smallest absolute Gasteiger partial charge is 0.272 e. The van der Waals surface area contributed by atoms with Gasteiger partial charge in [-0.25, -0.2) is 5.06 Å². The number of hydrogen-bond acceptors (Lipinski definition) is 2. The van der Waals surface area contributed by atoms with Crippen LogP contribution in [0.3, 0.4) is 0 Å². The van der Waals surface area contributed by atoms with E-state index < -0.39 is 5.91 Å². The maximum absolute atomic E-state index is 11.3. The van der Waals surface area contributed by atoms with Crippen LogP contribution in [0, 0.1) is 0 Å². The summed E-state index contributed by atoms with van der Waals surface area (Å²) in [5.41, 5.74) is 0.973. The van der Waals surface area contributed by atoms with Crippen molar-refractivity contribution >= 4 is 17.5 Å². The molecule has 1 rings (SSSR count). The van der Waals surface area contributed by atoms with Crippen molar-refractivity contribution in [2.24, 2.45) is 0 Å². The van der Waals surface area contributed by atoms with Crippen LogP contribution in [0.1, 0.15) is 12.5 Å². The van der Waals surface area contributed by atoms with Crippen molar-refractivity contribution in [1.82, 2.24) is 5.06 Å². The summed E-state index contributed by atoms with van der Waals surface area (Å²) >= 11 is 5.88. The lowest BCUT2D eigenvalue weighted by Gasteiger charge is -2.15. The van der Waals surface area contributed by atoms with Crippen LogP contribution in [0.4, 0.5) is 0 Å². The Labute approximate surface area is 93.5 Å². The summed E-state index contributed by atoms with van der Waals surface area (Å²) in [6.07, 6.45) is 0. The molecule has 0 heterocycles.